The summed E-state index contributed by atoms with van der Waals surface area (Å²) in [5.41, 5.74) is 2.14. The average Bonchev–Trinajstić information content (AvgIpc) is 3.03. The molecule has 1 aliphatic heterocycles. The van der Waals surface area contributed by atoms with Crippen LogP contribution in [-0.2, 0) is 0 Å². The van der Waals surface area contributed by atoms with Crippen molar-refractivity contribution in [3.05, 3.63) is 69.9 Å². The van der Waals surface area contributed by atoms with Crippen molar-refractivity contribution in [3.8, 4) is 0 Å². The van der Waals surface area contributed by atoms with Gasteiger partial charge in [0.05, 0.1) is 12.1 Å². The first-order valence-electron chi connectivity index (χ1n) is 7.26. The first-order chi connectivity index (χ1) is 11.2. The van der Waals surface area contributed by atoms with Crippen molar-refractivity contribution in [1.29, 1.82) is 0 Å². The molecule has 4 rings (SSSR count). The molecule has 0 radical (unpaired) electrons. The number of fused-ring (bicyclic) bond motifs is 1. The Kier molecular flexibility index (Phi) is 3.57. The molecule has 1 aromatic heterocycles. The fourth-order valence-electron chi connectivity index (χ4n) is 2.94. The van der Waals surface area contributed by atoms with Gasteiger partial charge in [0.1, 0.15) is 5.82 Å². The van der Waals surface area contributed by atoms with Gasteiger partial charge in [-0.15, -0.1) is 0 Å². The van der Waals surface area contributed by atoms with Gasteiger partial charge in [-0.2, -0.15) is 0 Å². The number of anilines is 1. The molecule has 7 heteroatoms. The Hall–Kier alpha value is -2.28. The van der Waals surface area contributed by atoms with Crippen molar-refractivity contribution in [2.45, 2.75) is 18.5 Å². The fraction of sp³-hybridized carbons (Fsp3) is 0.188. The summed E-state index contributed by atoms with van der Waals surface area (Å²) in [6.07, 6.45) is 0.778. The van der Waals surface area contributed by atoms with E-state index in [4.69, 9.17) is 0 Å². The number of tetrazole rings is 1. The van der Waals surface area contributed by atoms with Crippen molar-refractivity contribution in [3.63, 3.8) is 0 Å². The Morgan fingerprint density at radius 2 is 1.96 bits per heavy atom. The number of nitrogens with one attached hydrogen (secondary N) is 1. The van der Waals surface area contributed by atoms with Crippen LogP contribution in [0.15, 0.2) is 53.0 Å². The highest BCUT2D eigenvalue weighted by Crippen LogP contribution is 2.37. The van der Waals surface area contributed by atoms with E-state index >= 15 is 0 Å². The lowest BCUT2D eigenvalue weighted by Gasteiger charge is -2.31. The summed E-state index contributed by atoms with van der Waals surface area (Å²) in [4.78, 5) is 0. The van der Waals surface area contributed by atoms with Crippen molar-refractivity contribution in [1.82, 2.24) is 20.2 Å². The highest BCUT2D eigenvalue weighted by molar-refractivity contribution is 9.10. The highest BCUT2D eigenvalue weighted by Gasteiger charge is 2.30. The predicted octanol–water partition coefficient (Wildman–Crippen LogP) is 3.72. The van der Waals surface area contributed by atoms with Gasteiger partial charge in [-0.05, 0) is 52.2 Å². The Morgan fingerprint density at radius 1 is 1.13 bits per heavy atom. The van der Waals surface area contributed by atoms with Gasteiger partial charge in [-0.1, -0.05) is 45.3 Å². The number of halogens is 2. The maximum atomic E-state index is 13.2. The maximum Gasteiger partial charge on any atom is 0.243 e. The molecule has 0 unspecified atom stereocenters. The second-order valence-corrected chi connectivity index (χ2v) is 6.42. The van der Waals surface area contributed by atoms with Crippen LogP contribution in [-0.4, -0.2) is 20.2 Å². The number of hydrogen-bond acceptors (Lipinski definition) is 4. The van der Waals surface area contributed by atoms with Crippen LogP contribution < -0.4 is 5.32 Å². The quantitative estimate of drug-likeness (QED) is 0.743. The molecule has 2 aromatic carbocycles. The first-order valence-corrected chi connectivity index (χ1v) is 8.05. The molecule has 0 aliphatic carbocycles. The third-order valence-corrected chi connectivity index (χ3v) is 4.55. The Labute approximate surface area is 140 Å². The summed E-state index contributed by atoms with van der Waals surface area (Å²) >= 11 is 3.51. The normalized spacial score (nSPS) is 19.9. The van der Waals surface area contributed by atoms with E-state index in [1.54, 1.807) is 16.8 Å². The average molecular weight is 374 g/mol. The van der Waals surface area contributed by atoms with E-state index in [9.17, 15) is 4.39 Å². The minimum atomic E-state index is -0.247. The SMILES string of the molecule is Fc1ccc([C@H]2C[C@@H](c3cccc(Br)c3)Nc3nnnn32)cc1. The van der Waals surface area contributed by atoms with Crippen LogP contribution in [0.1, 0.15) is 29.6 Å². The van der Waals surface area contributed by atoms with Gasteiger partial charge in [0.2, 0.25) is 5.95 Å². The largest absolute Gasteiger partial charge is 0.346 e. The molecule has 2 atom stereocenters. The molecule has 3 aromatic rings. The van der Waals surface area contributed by atoms with Crippen LogP contribution in [0.3, 0.4) is 0 Å². The summed E-state index contributed by atoms with van der Waals surface area (Å²) in [7, 11) is 0. The molecule has 0 spiro atoms. The van der Waals surface area contributed by atoms with E-state index < -0.39 is 0 Å². The van der Waals surface area contributed by atoms with Gasteiger partial charge in [0, 0.05) is 4.47 Å². The number of rotatable bonds is 2. The smallest absolute Gasteiger partial charge is 0.243 e. The zero-order valence-electron chi connectivity index (χ0n) is 12.0. The highest BCUT2D eigenvalue weighted by atomic mass is 79.9. The summed E-state index contributed by atoms with van der Waals surface area (Å²) in [5.74, 6) is 0.374. The second-order valence-electron chi connectivity index (χ2n) is 5.50. The molecular formula is C16H13BrFN5. The summed E-state index contributed by atoms with van der Waals surface area (Å²) in [6, 6.07) is 14.7. The molecule has 1 N–H and O–H groups in total. The van der Waals surface area contributed by atoms with Crippen LogP contribution in [0.4, 0.5) is 10.3 Å². The van der Waals surface area contributed by atoms with E-state index in [1.807, 2.05) is 12.1 Å². The van der Waals surface area contributed by atoms with Crippen LogP contribution in [0.25, 0.3) is 0 Å². The zero-order chi connectivity index (χ0) is 15.8. The van der Waals surface area contributed by atoms with E-state index in [0.29, 0.717) is 5.95 Å². The van der Waals surface area contributed by atoms with Gasteiger partial charge >= 0.3 is 0 Å². The standard InChI is InChI=1S/C16H13BrFN5/c17-12-3-1-2-11(8-12)14-9-15(10-4-6-13(18)7-5-10)23-16(19-14)20-21-22-23/h1-8,14-15H,9H2,(H,19,20,22)/t14-,15+/m0/s1. The topological polar surface area (TPSA) is 55.6 Å². The molecule has 23 heavy (non-hydrogen) atoms. The monoisotopic (exact) mass is 373 g/mol. The Balaban J connectivity index is 1.73. The van der Waals surface area contributed by atoms with Gasteiger partial charge in [-0.25, -0.2) is 9.07 Å². The van der Waals surface area contributed by atoms with Crippen LogP contribution in [0.2, 0.25) is 0 Å². The fourth-order valence-corrected chi connectivity index (χ4v) is 3.36. The zero-order valence-corrected chi connectivity index (χ0v) is 13.6. The van der Waals surface area contributed by atoms with Gasteiger partial charge in [-0.3, -0.25) is 0 Å². The summed E-state index contributed by atoms with van der Waals surface area (Å²) < 4.78 is 16.0. The van der Waals surface area contributed by atoms with Gasteiger partial charge < -0.3 is 5.32 Å². The first kappa shape index (κ1) is 14.3. The molecule has 0 amide bonds. The summed E-state index contributed by atoms with van der Waals surface area (Å²) in [5, 5.41) is 15.2. The van der Waals surface area contributed by atoms with Crippen molar-refractivity contribution < 1.29 is 4.39 Å². The Morgan fingerprint density at radius 3 is 2.74 bits per heavy atom. The molecule has 0 bridgehead atoms. The van der Waals surface area contributed by atoms with E-state index in [0.717, 1.165) is 22.0 Å². The van der Waals surface area contributed by atoms with Gasteiger partial charge in [0.15, 0.2) is 0 Å². The third kappa shape index (κ3) is 2.72. The van der Waals surface area contributed by atoms with Gasteiger partial charge in [0.25, 0.3) is 0 Å². The lowest BCUT2D eigenvalue weighted by Crippen LogP contribution is -2.28. The molecule has 0 saturated heterocycles. The van der Waals surface area contributed by atoms with Crippen LogP contribution in [0.5, 0.6) is 0 Å². The minimum absolute atomic E-state index is 0.0363. The molecule has 5 nitrogen and oxygen atoms in total. The molecule has 1 aliphatic rings. The number of aromatic nitrogens is 4. The van der Waals surface area contributed by atoms with Crippen molar-refractivity contribution in [2.75, 3.05) is 5.32 Å². The predicted molar refractivity (Wildman–Crippen MR) is 87.5 cm³/mol. The number of benzene rings is 2. The lowest BCUT2D eigenvalue weighted by molar-refractivity contribution is 0.423. The Bertz CT molecular complexity index is 832. The molecule has 116 valence electrons. The van der Waals surface area contributed by atoms with E-state index in [2.05, 4.69) is 48.9 Å². The molecule has 2 heterocycles. The maximum absolute atomic E-state index is 13.2. The molecular weight excluding hydrogens is 361 g/mol. The number of nitrogens with zero attached hydrogens (tertiary/aromatic N) is 4. The minimum Gasteiger partial charge on any atom is -0.346 e. The van der Waals surface area contributed by atoms with Crippen LogP contribution in [0, 0.1) is 5.82 Å². The van der Waals surface area contributed by atoms with E-state index in [1.165, 1.54) is 12.1 Å². The van der Waals surface area contributed by atoms with Crippen LogP contribution >= 0.6 is 15.9 Å². The third-order valence-electron chi connectivity index (χ3n) is 4.06. The second kappa shape index (κ2) is 5.73. The summed E-state index contributed by atoms with van der Waals surface area (Å²) in [6.45, 7) is 0. The molecule has 0 fully saturated rings. The van der Waals surface area contributed by atoms with E-state index in [-0.39, 0.29) is 17.9 Å². The lowest BCUT2D eigenvalue weighted by atomic mass is 9.93. The van der Waals surface area contributed by atoms with Crippen molar-refractivity contribution in [2.24, 2.45) is 0 Å². The van der Waals surface area contributed by atoms with Crippen molar-refractivity contribution >= 4 is 21.9 Å². The number of hydrogen-bond donors (Lipinski definition) is 1. The molecule has 0 saturated carbocycles.